The second-order valence-corrected chi connectivity index (χ2v) is 5.53. The molecule has 1 atom stereocenters. The second-order valence-electron chi connectivity index (χ2n) is 4.68. The van der Waals surface area contributed by atoms with Crippen LogP contribution < -0.4 is 10.1 Å². The summed E-state index contributed by atoms with van der Waals surface area (Å²) in [7, 11) is 1.52. The van der Waals surface area contributed by atoms with E-state index in [0.717, 1.165) is 12.8 Å². The summed E-state index contributed by atoms with van der Waals surface area (Å²) in [5, 5.41) is 2.80. The van der Waals surface area contributed by atoms with E-state index in [1.165, 1.54) is 7.11 Å². The van der Waals surface area contributed by atoms with E-state index < -0.39 is 12.1 Å². The Balaban J connectivity index is 2.01. The lowest BCUT2D eigenvalue weighted by Crippen LogP contribution is -2.37. The number of methoxy groups -OCH3 is 1. The molecule has 2 rings (SSSR count). The Kier molecular flexibility index (Phi) is 4.65. The van der Waals surface area contributed by atoms with E-state index in [0.29, 0.717) is 15.8 Å². The first kappa shape index (κ1) is 14.8. The number of esters is 1. The van der Waals surface area contributed by atoms with Crippen molar-refractivity contribution in [2.24, 2.45) is 0 Å². The molecule has 5 nitrogen and oxygen atoms in total. The zero-order valence-electron chi connectivity index (χ0n) is 11.3. The van der Waals surface area contributed by atoms with Crippen molar-refractivity contribution in [3.8, 4) is 5.75 Å². The van der Waals surface area contributed by atoms with Gasteiger partial charge in [0.15, 0.2) is 6.10 Å². The van der Waals surface area contributed by atoms with Crippen molar-refractivity contribution < 1.29 is 19.1 Å². The number of carbonyl (C=O) groups excluding carboxylic acids is 2. The van der Waals surface area contributed by atoms with E-state index in [-0.39, 0.29) is 11.9 Å². The van der Waals surface area contributed by atoms with Crippen molar-refractivity contribution in [3.05, 3.63) is 28.2 Å². The molecule has 1 aromatic carbocycles. The molecule has 1 aliphatic rings. The second kappa shape index (κ2) is 6.26. The Morgan fingerprint density at radius 3 is 2.70 bits per heavy atom. The highest BCUT2D eigenvalue weighted by Crippen LogP contribution is 2.24. The maximum absolute atomic E-state index is 12.1. The molecule has 0 saturated heterocycles. The van der Waals surface area contributed by atoms with Gasteiger partial charge in [0.25, 0.3) is 5.91 Å². The monoisotopic (exact) mass is 341 g/mol. The molecule has 0 bridgehead atoms. The van der Waals surface area contributed by atoms with Crippen molar-refractivity contribution in [2.75, 3.05) is 7.11 Å². The van der Waals surface area contributed by atoms with Gasteiger partial charge in [-0.05, 0) is 53.9 Å². The Morgan fingerprint density at radius 2 is 2.10 bits per heavy atom. The average molecular weight is 342 g/mol. The van der Waals surface area contributed by atoms with E-state index in [9.17, 15) is 9.59 Å². The fourth-order valence-corrected chi connectivity index (χ4v) is 2.02. The van der Waals surface area contributed by atoms with Crippen molar-refractivity contribution in [1.29, 1.82) is 0 Å². The van der Waals surface area contributed by atoms with Gasteiger partial charge in [-0.15, -0.1) is 0 Å². The molecule has 0 spiro atoms. The molecule has 6 heteroatoms. The molecule has 108 valence electrons. The van der Waals surface area contributed by atoms with Crippen LogP contribution in [-0.2, 0) is 9.53 Å². The number of halogens is 1. The third-order valence-electron chi connectivity index (χ3n) is 2.97. The molecule has 1 saturated carbocycles. The van der Waals surface area contributed by atoms with Gasteiger partial charge in [0.2, 0.25) is 0 Å². The third kappa shape index (κ3) is 3.72. The minimum Gasteiger partial charge on any atom is -0.497 e. The molecule has 0 heterocycles. The molecule has 1 fully saturated rings. The molecule has 1 amide bonds. The van der Waals surface area contributed by atoms with Crippen LogP contribution in [0.15, 0.2) is 22.7 Å². The lowest BCUT2D eigenvalue weighted by molar-refractivity contribution is -0.129. The van der Waals surface area contributed by atoms with Crippen LogP contribution in [0, 0.1) is 0 Å². The van der Waals surface area contributed by atoms with E-state index >= 15 is 0 Å². The maximum atomic E-state index is 12.1. The van der Waals surface area contributed by atoms with Gasteiger partial charge in [0.05, 0.1) is 12.7 Å². The summed E-state index contributed by atoms with van der Waals surface area (Å²) >= 11 is 3.28. The Hall–Kier alpha value is -1.56. The Morgan fingerprint density at radius 1 is 1.40 bits per heavy atom. The van der Waals surface area contributed by atoms with Gasteiger partial charge in [-0.2, -0.15) is 0 Å². The first-order chi connectivity index (χ1) is 9.51. The molecular formula is C14H16BrNO4. The van der Waals surface area contributed by atoms with Crippen LogP contribution in [0.5, 0.6) is 5.75 Å². The number of nitrogens with one attached hydrogen (secondary N) is 1. The van der Waals surface area contributed by atoms with Crippen LogP contribution in [-0.4, -0.2) is 31.1 Å². The molecular weight excluding hydrogens is 326 g/mol. The summed E-state index contributed by atoms with van der Waals surface area (Å²) in [4.78, 5) is 23.8. The molecule has 1 N–H and O–H groups in total. The molecule has 0 aromatic heterocycles. The zero-order valence-corrected chi connectivity index (χ0v) is 12.9. The van der Waals surface area contributed by atoms with Crippen LogP contribution in [0.3, 0.4) is 0 Å². The number of benzene rings is 1. The standard InChI is InChI=1S/C14H16BrNO4/c1-8(13(17)16-9-3-4-9)20-14(18)11-7-10(19-2)5-6-12(11)15/h5-9H,3-4H2,1-2H3,(H,16,17)/t8-/m1/s1. The van der Waals surface area contributed by atoms with Crippen molar-refractivity contribution in [2.45, 2.75) is 31.9 Å². The van der Waals surface area contributed by atoms with Gasteiger partial charge in [-0.1, -0.05) is 0 Å². The number of rotatable bonds is 5. The Labute approximate surface area is 125 Å². The molecule has 0 radical (unpaired) electrons. The van der Waals surface area contributed by atoms with Crippen LogP contribution in [0.1, 0.15) is 30.1 Å². The van der Waals surface area contributed by atoms with E-state index in [4.69, 9.17) is 9.47 Å². The Bertz CT molecular complexity index is 528. The lowest BCUT2D eigenvalue weighted by atomic mass is 10.2. The van der Waals surface area contributed by atoms with Gasteiger partial charge in [-0.3, -0.25) is 4.79 Å². The van der Waals surface area contributed by atoms with Crippen molar-refractivity contribution in [1.82, 2.24) is 5.32 Å². The number of carbonyl (C=O) groups is 2. The van der Waals surface area contributed by atoms with Crippen molar-refractivity contribution in [3.63, 3.8) is 0 Å². The first-order valence-electron chi connectivity index (χ1n) is 6.36. The van der Waals surface area contributed by atoms with Gasteiger partial charge >= 0.3 is 5.97 Å². The highest BCUT2D eigenvalue weighted by Gasteiger charge is 2.27. The largest absolute Gasteiger partial charge is 0.497 e. The van der Waals surface area contributed by atoms with E-state index in [1.54, 1.807) is 25.1 Å². The van der Waals surface area contributed by atoms with Crippen LogP contribution >= 0.6 is 15.9 Å². The number of ether oxygens (including phenoxy) is 2. The molecule has 20 heavy (non-hydrogen) atoms. The number of hydrogen-bond donors (Lipinski definition) is 1. The number of hydrogen-bond acceptors (Lipinski definition) is 4. The van der Waals surface area contributed by atoms with E-state index in [1.807, 2.05) is 0 Å². The third-order valence-corrected chi connectivity index (χ3v) is 3.66. The lowest BCUT2D eigenvalue weighted by Gasteiger charge is -2.14. The van der Waals surface area contributed by atoms with E-state index in [2.05, 4.69) is 21.2 Å². The van der Waals surface area contributed by atoms with Gasteiger partial charge in [0.1, 0.15) is 5.75 Å². The van der Waals surface area contributed by atoms with Crippen LogP contribution in [0.4, 0.5) is 0 Å². The highest BCUT2D eigenvalue weighted by atomic mass is 79.9. The predicted molar refractivity (Wildman–Crippen MR) is 76.7 cm³/mol. The first-order valence-corrected chi connectivity index (χ1v) is 7.15. The smallest absolute Gasteiger partial charge is 0.340 e. The summed E-state index contributed by atoms with van der Waals surface area (Å²) in [6.45, 7) is 1.56. The zero-order chi connectivity index (χ0) is 14.7. The molecule has 0 aliphatic heterocycles. The van der Waals surface area contributed by atoms with Crippen LogP contribution in [0.25, 0.3) is 0 Å². The summed E-state index contributed by atoms with van der Waals surface area (Å²) in [6.07, 6.45) is 1.17. The molecule has 1 aromatic rings. The summed E-state index contributed by atoms with van der Waals surface area (Å²) < 4.78 is 10.8. The van der Waals surface area contributed by atoms with Gasteiger partial charge in [0, 0.05) is 10.5 Å². The quantitative estimate of drug-likeness (QED) is 0.834. The SMILES string of the molecule is COc1ccc(Br)c(C(=O)O[C@H](C)C(=O)NC2CC2)c1. The molecule has 1 aliphatic carbocycles. The predicted octanol–water partition coefficient (Wildman–Crippen LogP) is 2.28. The van der Waals surface area contributed by atoms with Gasteiger partial charge < -0.3 is 14.8 Å². The minimum atomic E-state index is -0.818. The summed E-state index contributed by atoms with van der Waals surface area (Å²) in [5.74, 6) is -0.274. The average Bonchev–Trinajstić information content (AvgIpc) is 3.23. The summed E-state index contributed by atoms with van der Waals surface area (Å²) in [6, 6.07) is 5.24. The van der Waals surface area contributed by atoms with Crippen molar-refractivity contribution >= 4 is 27.8 Å². The fourth-order valence-electron chi connectivity index (χ4n) is 1.61. The number of amides is 1. The normalized spacial score (nSPS) is 15.3. The maximum Gasteiger partial charge on any atom is 0.340 e. The van der Waals surface area contributed by atoms with Crippen LogP contribution in [0.2, 0.25) is 0 Å². The topological polar surface area (TPSA) is 64.6 Å². The fraction of sp³-hybridized carbons (Fsp3) is 0.429. The summed E-state index contributed by atoms with van der Waals surface area (Å²) in [5.41, 5.74) is 0.329. The van der Waals surface area contributed by atoms with Gasteiger partial charge in [-0.25, -0.2) is 4.79 Å². The highest BCUT2D eigenvalue weighted by molar-refractivity contribution is 9.10. The molecule has 0 unspecified atom stereocenters. The minimum absolute atomic E-state index is 0.243.